The summed E-state index contributed by atoms with van der Waals surface area (Å²) in [6.45, 7) is 0. The molecule has 0 saturated heterocycles. The monoisotopic (exact) mass is 402 g/mol. The molecule has 0 bridgehead atoms. The van der Waals surface area contributed by atoms with Crippen LogP contribution in [0.2, 0.25) is 0 Å². The molecule has 0 spiro atoms. The third kappa shape index (κ3) is 2.84. The van der Waals surface area contributed by atoms with E-state index < -0.39 is 48.4 Å². The van der Waals surface area contributed by atoms with E-state index in [4.69, 9.17) is 0 Å². The quantitative estimate of drug-likeness (QED) is 0.528. The first kappa shape index (κ1) is 22.9. The van der Waals surface area contributed by atoms with Gasteiger partial charge in [-0.25, -0.2) is 13.2 Å². The highest BCUT2D eigenvalue weighted by Crippen LogP contribution is 2.61. The molecule has 0 N–H and O–H groups in total. The van der Waals surface area contributed by atoms with Gasteiger partial charge >= 0.3 is 35.8 Å². The van der Waals surface area contributed by atoms with Gasteiger partial charge in [0.1, 0.15) is 0 Å². The smallest absolute Gasteiger partial charge is 0.234 e. The van der Waals surface area contributed by atoms with E-state index in [2.05, 4.69) is 0 Å². The highest BCUT2D eigenvalue weighted by atomic mass is 19.4. The molecule has 146 valence electrons. The first-order valence-corrected chi connectivity index (χ1v) is 4.98. The standard InChI is InChI=1S/C8H2F16/c9-1(2(10)11)3(12,13)4(14,15)5(16,17)6(18,19)7(20,21)8(22,23)24/h1-2H. The third-order valence-electron chi connectivity index (χ3n) is 2.53. The maximum atomic E-state index is 12.8. The van der Waals surface area contributed by atoms with E-state index in [1.54, 1.807) is 0 Å². The van der Waals surface area contributed by atoms with Crippen molar-refractivity contribution >= 4 is 0 Å². The number of halogens is 16. The Morgan fingerprint density at radius 1 is 0.417 bits per heavy atom. The van der Waals surface area contributed by atoms with Crippen LogP contribution in [0.3, 0.4) is 0 Å². The summed E-state index contributed by atoms with van der Waals surface area (Å²) in [5.74, 6) is -40.0. The second-order valence-corrected chi connectivity index (χ2v) is 4.15. The average molecular weight is 402 g/mol. The van der Waals surface area contributed by atoms with Crippen molar-refractivity contribution in [2.24, 2.45) is 0 Å². The van der Waals surface area contributed by atoms with E-state index in [0.717, 1.165) is 0 Å². The summed E-state index contributed by atoms with van der Waals surface area (Å²) in [7, 11) is 0. The van der Waals surface area contributed by atoms with Crippen LogP contribution in [-0.2, 0) is 0 Å². The van der Waals surface area contributed by atoms with Gasteiger partial charge in [-0.3, -0.25) is 0 Å². The SMILES string of the molecule is FC(F)C(F)C(F)(F)C(F)(F)C(F)(F)C(F)(F)C(F)(F)C(F)(F)F. The molecule has 0 amide bonds. The normalized spacial score (nSPS) is 17.4. The summed E-state index contributed by atoms with van der Waals surface area (Å²) in [6, 6.07) is 0. The van der Waals surface area contributed by atoms with Crippen LogP contribution in [0.4, 0.5) is 70.2 Å². The van der Waals surface area contributed by atoms with Crippen molar-refractivity contribution in [1.29, 1.82) is 0 Å². The lowest BCUT2D eigenvalue weighted by Crippen LogP contribution is -2.71. The lowest BCUT2D eigenvalue weighted by atomic mass is 9.92. The van der Waals surface area contributed by atoms with Gasteiger partial charge in [0.15, 0.2) is 0 Å². The average Bonchev–Trinajstić information content (AvgIpc) is 2.35. The molecule has 0 radical (unpaired) electrons. The van der Waals surface area contributed by atoms with Crippen LogP contribution in [0.25, 0.3) is 0 Å². The molecule has 0 rings (SSSR count). The Labute approximate surface area is 120 Å². The fourth-order valence-corrected chi connectivity index (χ4v) is 1.11. The molecule has 16 heteroatoms. The van der Waals surface area contributed by atoms with Gasteiger partial charge in [-0.2, -0.15) is 57.1 Å². The number of hydrogen-bond donors (Lipinski definition) is 0. The Hall–Kier alpha value is -1.12. The topological polar surface area (TPSA) is 0 Å². The van der Waals surface area contributed by atoms with Gasteiger partial charge in [-0.1, -0.05) is 0 Å². The van der Waals surface area contributed by atoms with Crippen molar-refractivity contribution in [3.8, 4) is 0 Å². The second-order valence-electron chi connectivity index (χ2n) is 4.15. The summed E-state index contributed by atoms with van der Waals surface area (Å²) < 4.78 is 197. The van der Waals surface area contributed by atoms with E-state index in [9.17, 15) is 70.2 Å². The zero-order valence-corrected chi connectivity index (χ0v) is 10.2. The molecule has 0 aromatic heterocycles. The minimum atomic E-state index is -8.28. The molecule has 0 aromatic rings. The highest BCUT2D eigenvalue weighted by Gasteiger charge is 2.91. The number of alkyl halides is 16. The predicted molar refractivity (Wildman–Crippen MR) is 41.7 cm³/mol. The fourth-order valence-electron chi connectivity index (χ4n) is 1.11. The van der Waals surface area contributed by atoms with Crippen LogP contribution in [-0.4, -0.2) is 48.4 Å². The van der Waals surface area contributed by atoms with Gasteiger partial charge in [0, 0.05) is 0 Å². The van der Waals surface area contributed by atoms with Crippen LogP contribution >= 0.6 is 0 Å². The molecule has 0 nitrogen and oxygen atoms in total. The Kier molecular flexibility index (Phi) is 5.44. The maximum Gasteiger partial charge on any atom is 0.460 e. The highest BCUT2D eigenvalue weighted by molar-refractivity contribution is 5.11. The number of hydrogen-bond acceptors (Lipinski definition) is 0. The molecule has 1 unspecified atom stereocenters. The molecular formula is C8H2F16. The fraction of sp³-hybridized carbons (Fsp3) is 1.00. The molecule has 1 atom stereocenters. The zero-order valence-electron chi connectivity index (χ0n) is 10.2. The van der Waals surface area contributed by atoms with Gasteiger partial charge in [0.25, 0.3) is 6.43 Å². The van der Waals surface area contributed by atoms with E-state index in [1.807, 2.05) is 0 Å². The van der Waals surface area contributed by atoms with Crippen molar-refractivity contribution in [1.82, 2.24) is 0 Å². The molecule has 0 aliphatic heterocycles. The van der Waals surface area contributed by atoms with E-state index in [1.165, 1.54) is 0 Å². The largest absolute Gasteiger partial charge is 0.460 e. The molecule has 0 saturated carbocycles. The maximum absolute atomic E-state index is 12.8. The van der Waals surface area contributed by atoms with Gasteiger partial charge in [-0.05, 0) is 0 Å². The van der Waals surface area contributed by atoms with Crippen molar-refractivity contribution in [2.45, 2.75) is 48.4 Å². The summed E-state index contributed by atoms with van der Waals surface area (Å²) in [6.07, 6.45) is -18.4. The molecule has 0 aliphatic rings. The summed E-state index contributed by atoms with van der Waals surface area (Å²) >= 11 is 0. The number of rotatable bonds is 6. The Balaban J connectivity index is 6.31. The van der Waals surface area contributed by atoms with E-state index in [-0.39, 0.29) is 0 Å². The Morgan fingerprint density at radius 2 is 0.708 bits per heavy atom. The van der Waals surface area contributed by atoms with Crippen molar-refractivity contribution < 1.29 is 70.2 Å². The molecule has 0 fully saturated rings. The molecule has 0 heterocycles. The lowest BCUT2D eigenvalue weighted by Gasteiger charge is -2.40. The molecule has 0 aromatic carbocycles. The van der Waals surface area contributed by atoms with Crippen LogP contribution in [0.15, 0.2) is 0 Å². The van der Waals surface area contributed by atoms with E-state index >= 15 is 0 Å². The van der Waals surface area contributed by atoms with E-state index in [0.29, 0.717) is 0 Å². The first-order chi connectivity index (χ1) is 10.1. The van der Waals surface area contributed by atoms with Crippen LogP contribution in [0.5, 0.6) is 0 Å². The van der Waals surface area contributed by atoms with Crippen molar-refractivity contribution in [3.05, 3.63) is 0 Å². The van der Waals surface area contributed by atoms with Crippen LogP contribution < -0.4 is 0 Å². The van der Waals surface area contributed by atoms with Gasteiger partial charge in [0.2, 0.25) is 6.17 Å². The minimum absolute atomic E-state index is 5.18. The summed E-state index contributed by atoms with van der Waals surface area (Å²) in [5.41, 5.74) is 0. The van der Waals surface area contributed by atoms with Gasteiger partial charge in [0.05, 0.1) is 0 Å². The zero-order chi connectivity index (χ0) is 20.2. The van der Waals surface area contributed by atoms with Crippen LogP contribution in [0.1, 0.15) is 0 Å². The summed E-state index contributed by atoms with van der Waals surface area (Å²) in [4.78, 5) is 0. The summed E-state index contributed by atoms with van der Waals surface area (Å²) in [5, 5.41) is 0. The van der Waals surface area contributed by atoms with Crippen LogP contribution in [0, 0.1) is 0 Å². The first-order valence-electron chi connectivity index (χ1n) is 4.98. The molecular weight excluding hydrogens is 400 g/mol. The van der Waals surface area contributed by atoms with Crippen molar-refractivity contribution in [2.75, 3.05) is 0 Å². The Morgan fingerprint density at radius 3 is 0.958 bits per heavy atom. The third-order valence-corrected chi connectivity index (χ3v) is 2.53. The van der Waals surface area contributed by atoms with Gasteiger partial charge < -0.3 is 0 Å². The van der Waals surface area contributed by atoms with Crippen molar-refractivity contribution in [3.63, 3.8) is 0 Å². The lowest BCUT2D eigenvalue weighted by molar-refractivity contribution is -0.444. The Bertz CT molecular complexity index is 443. The molecule has 0 aliphatic carbocycles. The second kappa shape index (κ2) is 5.71. The van der Waals surface area contributed by atoms with Gasteiger partial charge in [-0.15, -0.1) is 0 Å². The predicted octanol–water partition coefficient (Wildman–Crippen LogP) is 5.33. The molecule has 24 heavy (non-hydrogen) atoms. The minimum Gasteiger partial charge on any atom is -0.234 e.